The summed E-state index contributed by atoms with van der Waals surface area (Å²) in [6.07, 6.45) is 1.96. The van der Waals surface area contributed by atoms with Gasteiger partial charge in [0.05, 0.1) is 12.6 Å². The summed E-state index contributed by atoms with van der Waals surface area (Å²) in [5.74, 6) is 0.428. The van der Waals surface area contributed by atoms with Gasteiger partial charge in [-0.2, -0.15) is 10.1 Å². The largest absolute Gasteiger partial charge is 0.479 e. The van der Waals surface area contributed by atoms with Gasteiger partial charge in [0.2, 0.25) is 5.88 Å². The smallest absolute Gasteiger partial charge is 0.242 e. The van der Waals surface area contributed by atoms with Crippen LogP contribution in [0.3, 0.4) is 0 Å². The predicted molar refractivity (Wildman–Crippen MR) is 86.5 cm³/mol. The number of fused-ring (bicyclic) bond motifs is 2. The molecule has 0 bridgehead atoms. The lowest BCUT2D eigenvalue weighted by Gasteiger charge is -2.06. The fourth-order valence-electron chi connectivity index (χ4n) is 2.35. The standard InChI is InChI=1S/C14H10ClN5OS/c1-20-6-8-5-7(3-4-9(8)19-20)10-12(21-2)17-11-13(16-10)22-14(15)18-11/h3-6H,1-2H3. The van der Waals surface area contributed by atoms with Crippen molar-refractivity contribution in [3.05, 3.63) is 28.9 Å². The van der Waals surface area contributed by atoms with Crippen molar-refractivity contribution in [2.75, 3.05) is 7.11 Å². The molecule has 0 aliphatic heterocycles. The average Bonchev–Trinajstić information content (AvgIpc) is 3.04. The van der Waals surface area contributed by atoms with E-state index in [9.17, 15) is 0 Å². The van der Waals surface area contributed by atoms with Crippen molar-refractivity contribution in [3.8, 4) is 17.1 Å². The van der Waals surface area contributed by atoms with E-state index in [0.29, 0.717) is 26.5 Å². The molecule has 0 fully saturated rings. The molecule has 0 N–H and O–H groups in total. The Labute approximate surface area is 134 Å². The summed E-state index contributed by atoms with van der Waals surface area (Å²) >= 11 is 7.23. The Morgan fingerprint density at radius 1 is 1.23 bits per heavy atom. The zero-order valence-corrected chi connectivity index (χ0v) is 13.3. The molecule has 4 rings (SSSR count). The van der Waals surface area contributed by atoms with Gasteiger partial charge in [0, 0.05) is 24.2 Å². The van der Waals surface area contributed by atoms with Gasteiger partial charge >= 0.3 is 0 Å². The highest BCUT2D eigenvalue weighted by Crippen LogP contribution is 2.32. The van der Waals surface area contributed by atoms with Crippen LogP contribution >= 0.6 is 22.9 Å². The van der Waals surface area contributed by atoms with Gasteiger partial charge in [-0.05, 0) is 12.1 Å². The second-order valence-electron chi connectivity index (χ2n) is 4.75. The van der Waals surface area contributed by atoms with Crippen molar-refractivity contribution in [3.63, 3.8) is 0 Å². The van der Waals surface area contributed by atoms with Crippen LogP contribution in [0, 0.1) is 0 Å². The van der Waals surface area contributed by atoms with Gasteiger partial charge in [-0.3, -0.25) is 4.68 Å². The molecule has 0 amide bonds. The highest BCUT2D eigenvalue weighted by Gasteiger charge is 2.15. The molecule has 1 aromatic carbocycles. The van der Waals surface area contributed by atoms with E-state index < -0.39 is 0 Å². The van der Waals surface area contributed by atoms with Crippen LogP contribution in [-0.4, -0.2) is 31.8 Å². The maximum Gasteiger partial charge on any atom is 0.242 e. The first-order valence-electron chi connectivity index (χ1n) is 6.46. The second kappa shape index (κ2) is 4.89. The van der Waals surface area contributed by atoms with Crippen LogP contribution in [0.2, 0.25) is 4.47 Å². The fraction of sp³-hybridized carbons (Fsp3) is 0.143. The van der Waals surface area contributed by atoms with Crippen LogP contribution in [0.25, 0.3) is 32.6 Å². The number of nitrogens with zero attached hydrogens (tertiary/aromatic N) is 5. The summed E-state index contributed by atoms with van der Waals surface area (Å²) in [6, 6.07) is 5.93. The molecule has 3 heterocycles. The van der Waals surface area contributed by atoms with Gasteiger partial charge in [0.25, 0.3) is 0 Å². The molecule has 22 heavy (non-hydrogen) atoms. The molecule has 0 unspecified atom stereocenters. The molecule has 0 radical (unpaired) electrons. The first kappa shape index (κ1) is 13.4. The summed E-state index contributed by atoms with van der Waals surface area (Å²) in [6.45, 7) is 0. The van der Waals surface area contributed by atoms with Gasteiger partial charge in [-0.1, -0.05) is 29.0 Å². The number of aryl methyl sites for hydroxylation is 1. The molecule has 0 aliphatic carbocycles. The molecule has 0 atom stereocenters. The number of aromatic nitrogens is 5. The third-order valence-electron chi connectivity index (χ3n) is 3.28. The zero-order chi connectivity index (χ0) is 15.3. The van der Waals surface area contributed by atoms with Crippen molar-refractivity contribution >= 4 is 44.3 Å². The molecule has 4 aromatic rings. The molecular formula is C14H10ClN5OS. The van der Waals surface area contributed by atoms with Crippen LogP contribution in [0.1, 0.15) is 0 Å². The summed E-state index contributed by atoms with van der Waals surface area (Å²) in [4.78, 5) is 13.8. The normalized spacial score (nSPS) is 11.4. The minimum absolute atomic E-state index is 0.414. The first-order chi connectivity index (χ1) is 10.6. The van der Waals surface area contributed by atoms with Crippen LogP contribution in [0.4, 0.5) is 0 Å². The van der Waals surface area contributed by atoms with E-state index in [2.05, 4.69) is 20.1 Å². The number of methoxy groups -OCH3 is 1. The second-order valence-corrected chi connectivity index (χ2v) is 6.31. The van der Waals surface area contributed by atoms with E-state index in [1.54, 1.807) is 11.8 Å². The SMILES string of the molecule is COc1nc2nc(Cl)sc2nc1-c1ccc2nn(C)cc2c1. The third kappa shape index (κ3) is 2.10. The fourth-order valence-corrected chi connectivity index (χ4v) is 3.26. The van der Waals surface area contributed by atoms with Gasteiger partial charge in [0.1, 0.15) is 5.69 Å². The monoisotopic (exact) mass is 331 g/mol. The highest BCUT2D eigenvalue weighted by molar-refractivity contribution is 7.21. The maximum atomic E-state index is 5.93. The molecule has 110 valence electrons. The van der Waals surface area contributed by atoms with Crippen LogP contribution < -0.4 is 4.74 Å². The molecule has 0 saturated carbocycles. The predicted octanol–water partition coefficient (Wildman–Crippen LogP) is 3.30. The Bertz CT molecular complexity index is 1010. The molecule has 0 spiro atoms. The van der Waals surface area contributed by atoms with E-state index in [1.807, 2.05) is 31.4 Å². The summed E-state index contributed by atoms with van der Waals surface area (Å²) in [7, 11) is 3.46. The first-order valence-corrected chi connectivity index (χ1v) is 7.65. The van der Waals surface area contributed by atoms with Gasteiger partial charge in [-0.15, -0.1) is 0 Å². The lowest BCUT2D eigenvalue weighted by Crippen LogP contribution is -1.95. The zero-order valence-electron chi connectivity index (χ0n) is 11.7. The van der Waals surface area contributed by atoms with Crippen LogP contribution in [0.15, 0.2) is 24.4 Å². The summed E-state index contributed by atoms with van der Waals surface area (Å²) in [5, 5.41) is 5.40. The Morgan fingerprint density at radius 2 is 2.09 bits per heavy atom. The Balaban J connectivity index is 1.96. The number of rotatable bonds is 2. The topological polar surface area (TPSA) is 65.7 Å². The van der Waals surface area contributed by atoms with Crippen LogP contribution in [-0.2, 0) is 7.05 Å². The van der Waals surface area contributed by atoms with Crippen molar-refractivity contribution in [1.82, 2.24) is 24.7 Å². The number of ether oxygens (including phenoxy) is 1. The highest BCUT2D eigenvalue weighted by atomic mass is 35.5. The van der Waals surface area contributed by atoms with Crippen molar-refractivity contribution in [2.45, 2.75) is 0 Å². The molecule has 0 saturated heterocycles. The number of benzene rings is 1. The van der Waals surface area contributed by atoms with Gasteiger partial charge in [0.15, 0.2) is 14.9 Å². The van der Waals surface area contributed by atoms with E-state index in [-0.39, 0.29) is 0 Å². The van der Waals surface area contributed by atoms with Crippen molar-refractivity contribution in [1.29, 1.82) is 0 Å². The van der Waals surface area contributed by atoms with Crippen molar-refractivity contribution < 1.29 is 4.74 Å². The maximum absolute atomic E-state index is 5.93. The third-order valence-corrected chi connectivity index (χ3v) is 4.32. The van der Waals surface area contributed by atoms with Crippen LogP contribution in [0.5, 0.6) is 5.88 Å². The number of hydrogen-bond donors (Lipinski definition) is 0. The van der Waals surface area contributed by atoms with E-state index >= 15 is 0 Å². The lowest BCUT2D eigenvalue weighted by molar-refractivity contribution is 0.399. The van der Waals surface area contributed by atoms with E-state index in [1.165, 1.54) is 11.3 Å². The molecule has 3 aromatic heterocycles. The Kier molecular flexibility index (Phi) is 2.98. The van der Waals surface area contributed by atoms with Crippen molar-refractivity contribution in [2.24, 2.45) is 7.05 Å². The molecule has 0 aliphatic rings. The average molecular weight is 332 g/mol. The summed E-state index contributed by atoms with van der Waals surface area (Å²) in [5.41, 5.74) is 3.01. The van der Waals surface area contributed by atoms with Gasteiger partial charge < -0.3 is 4.74 Å². The molecular weight excluding hydrogens is 322 g/mol. The van der Waals surface area contributed by atoms with E-state index in [0.717, 1.165) is 16.5 Å². The molecule has 8 heteroatoms. The van der Waals surface area contributed by atoms with Gasteiger partial charge in [-0.25, -0.2) is 9.97 Å². The minimum atomic E-state index is 0.414. The summed E-state index contributed by atoms with van der Waals surface area (Å²) < 4.78 is 7.56. The number of halogens is 1. The molecule has 6 nitrogen and oxygen atoms in total. The Hall–Kier alpha value is -2.25. The number of thiazole rings is 1. The van der Waals surface area contributed by atoms with E-state index in [4.69, 9.17) is 16.3 Å². The number of hydrogen-bond acceptors (Lipinski definition) is 6. The quantitative estimate of drug-likeness (QED) is 0.564. The Morgan fingerprint density at radius 3 is 2.91 bits per heavy atom. The lowest BCUT2D eigenvalue weighted by atomic mass is 10.1. The minimum Gasteiger partial charge on any atom is -0.479 e.